The molecule has 5 heterocycles. The highest BCUT2D eigenvalue weighted by atomic mass is 16.5. The van der Waals surface area contributed by atoms with Gasteiger partial charge in [0.2, 0.25) is 5.91 Å². The molecule has 4 aromatic rings. The molecule has 0 aromatic carbocycles. The van der Waals surface area contributed by atoms with Crippen molar-refractivity contribution in [1.29, 1.82) is 0 Å². The Morgan fingerprint density at radius 3 is 2.94 bits per heavy atom. The number of hydrogen-bond acceptors (Lipinski definition) is 9. The predicted molar refractivity (Wildman–Crippen MR) is 128 cm³/mol. The molecule has 1 aliphatic carbocycles. The van der Waals surface area contributed by atoms with Gasteiger partial charge in [-0.3, -0.25) is 4.79 Å². The van der Waals surface area contributed by atoms with E-state index in [1.165, 1.54) is 0 Å². The molecule has 0 bridgehead atoms. The third kappa shape index (κ3) is 3.67. The quantitative estimate of drug-likeness (QED) is 0.459. The Morgan fingerprint density at radius 1 is 1.26 bits per heavy atom. The van der Waals surface area contributed by atoms with Crippen LogP contribution in [0.1, 0.15) is 17.4 Å². The number of hydrogen-bond donors (Lipinski definition) is 2. The Morgan fingerprint density at radius 2 is 2.15 bits per heavy atom. The van der Waals surface area contributed by atoms with Crippen LogP contribution in [0.15, 0.2) is 30.6 Å². The maximum absolute atomic E-state index is 12.6. The van der Waals surface area contributed by atoms with Gasteiger partial charge in [0.15, 0.2) is 23.1 Å². The lowest BCUT2D eigenvalue weighted by Crippen LogP contribution is -2.36. The fourth-order valence-electron chi connectivity index (χ4n) is 4.15. The summed E-state index contributed by atoms with van der Waals surface area (Å²) in [5.74, 6) is -0.361. The minimum Gasteiger partial charge on any atom is -0.378 e. The third-order valence-corrected chi connectivity index (χ3v) is 6.18. The second-order valence-electron chi connectivity index (χ2n) is 8.43. The molecular weight excluding hydrogens is 434 g/mol. The molecule has 1 saturated carbocycles. The van der Waals surface area contributed by atoms with Gasteiger partial charge in [-0.05, 0) is 30.5 Å². The van der Waals surface area contributed by atoms with Crippen LogP contribution in [0.5, 0.6) is 0 Å². The summed E-state index contributed by atoms with van der Waals surface area (Å²) < 4.78 is 29.8. The summed E-state index contributed by atoms with van der Waals surface area (Å²) in [6, 6.07) is 5.63. The van der Waals surface area contributed by atoms with Crippen LogP contribution < -0.4 is 15.5 Å². The van der Waals surface area contributed by atoms with Gasteiger partial charge < -0.3 is 20.3 Å². The van der Waals surface area contributed by atoms with E-state index < -0.39 is 18.7 Å². The van der Waals surface area contributed by atoms with Crippen molar-refractivity contribution >= 4 is 39.8 Å². The molecule has 34 heavy (non-hydrogen) atoms. The van der Waals surface area contributed by atoms with Gasteiger partial charge in [-0.2, -0.15) is 0 Å². The molecule has 1 saturated heterocycles. The first-order valence-electron chi connectivity index (χ1n) is 12.7. The molecule has 1 amide bonds. The average Bonchev–Trinajstić information content (AvgIpc) is 3.62. The van der Waals surface area contributed by atoms with Crippen LogP contribution >= 0.6 is 0 Å². The smallest absolute Gasteiger partial charge is 0.228 e. The number of nitrogens with zero attached hydrogens (tertiary/aromatic N) is 7. The van der Waals surface area contributed by atoms with Crippen molar-refractivity contribution in [3.8, 4) is 11.4 Å². The number of amides is 1. The molecular formula is C23H25N9O2. The van der Waals surface area contributed by atoms with E-state index >= 15 is 0 Å². The summed E-state index contributed by atoms with van der Waals surface area (Å²) >= 11 is 0. The lowest BCUT2D eigenvalue weighted by Gasteiger charge is -2.28. The van der Waals surface area contributed by atoms with E-state index in [1.54, 1.807) is 23.8 Å². The fourth-order valence-corrected chi connectivity index (χ4v) is 4.15. The molecule has 0 radical (unpaired) electrons. The highest BCUT2D eigenvalue weighted by Gasteiger charge is 2.39. The van der Waals surface area contributed by atoms with Crippen LogP contribution in [0, 0.1) is 11.8 Å². The molecule has 4 aromatic heterocycles. The molecule has 2 aliphatic rings. The van der Waals surface area contributed by atoms with Gasteiger partial charge >= 0.3 is 0 Å². The number of fused-ring (bicyclic) bond motifs is 2. The molecule has 2 fully saturated rings. The van der Waals surface area contributed by atoms with Crippen LogP contribution in [0.3, 0.4) is 0 Å². The van der Waals surface area contributed by atoms with E-state index in [2.05, 4.69) is 30.7 Å². The van der Waals surface area contributed by atoms with Crippen molar-refractivity contribution in [2.24, 2.45) is 11.8 Å². The number of nitrogens with one attached hydrogen (secondary N) is 2. The number of morpholine rings is 1. The molecule has 6 rings (SSSR count). The largest absolute Gasteiger partial charge is 0.378 e. The van der Waals surface area contributed by atoms with Gasteiger partial charge in [0.25, 0.3) is 0 Å². The van der Waals surface area contributed by atoms with Crippen molar-refractivity contribution in [2.75, 3.05) is 48.9 Å². The van der Waals surface area contributed by atoms with Gasteiger partial charge in [0.1, 0.15) is 5.52 Å². The second-order valence-corrected chi connectivity index (χ2v) is 8.43. The second kappa shape index (κ2) is 8.17. The van der Waals surface area contributed by atoms with Crippen LogP contribution in [0.2, 0.25) is 0 Å². The summed E-state index contributed by atoms with van der Waals surface area (Å²) in [7, 11) is 1.73. The summed E-state index contributed by atoms with van der Waals surface area (Å²) in [5, 5.41) is 19.5. The van der Waals surface area contributed by atoms with E-state index in [1.807, 2.05) is 18.3 Å². The van der Waals surface area contributed by atoms with Crippen molar-refractivity contribution in [3.63, 3.8) is 0 Å². The summed E-state index contributed by atoms with van der Waals surface area (Å²) in [6.45, 7) is 0.859. The summed E-state index contributed by atoms with van der Waals surface area (Å²) in [6.07, 6.45) is 3.93. The molecule has 11 heteroatoms. The molecule has 11 nitrogen and oxygen atoms in total. The molecule has 174 valence electrons. The fraction of sp³-hybridized carbons (Fsp3) is 0.391. The monoisotopic (exact) mass is 462 g/mol. The van der Waals surface area contributed by atoms with Gasteiger partial charge in [-0.1, -0.05) is 6.85 Å². The number of carbonyl (C=O) groups excluding carboxylic acids is 1. The lowest BCUT2D eigenvalue weighted by atomic mass is 10.1. The number of ether oxygens (including phenoxy) is 1. The Labute approximate surface area is 199 Å². The molecule has 2 N–H and O–H groups in total. The standard InChI is InChI=1S/C23H25N9O2/c1-13-9-15(13)23(33)26-18-10-16-17(11-25-22(24-2)20(16)29-28-18)21-27-19-4-3-14(12-32(19)30-21)31-5-7-34-8-6-31/h3-4,10-13,15H,5-9H2,1-2H3,(H,24,25)(H,26,28,33)/t13-,15+/m1/s1/i1D3. The Kier molecular flexibility index (Phi) is 4.23. The predicted octanol–water partition coefficient (Wildman–Crippen LogP) is 2.21. The van der Waals surface area contributed by atoms with Crippen LogP contribution in [0.4, 0.5) is 17.3 Å². The topological polar surface area (TPSA) is 122 Å². The third-order valence-electron chi connectivity index (χ3n) is 6.18. The first-order chi connectivity index (χ1) is 17.8. The van der Waals surface area contributed by atoms with E-state index in [4.69, 9.17) is 18.9 Å². The zero-order valence-electron chi connectivity index (χ0n) is 21.5. The van der Waals surface area contributed by atoms with Crippen molar-refractivity contribution in [1.82, 2.24) is 29.8 Å². The summed E-state index contributed by atoms with van der Waals surface area (Å²) in [4.78, 5) is 24.0. The number of rotatable bonds is 5. The average molecular weight is 463 g/mol. The van der Waals surface area contributed by atoms with Gasteiger partial charge in [-0.25, -0.2) is 14.5 Å². The van der Waals surface area contributed by atoms with Gasteiger partial charge in [-0.15, -0.1) is 15.3 Å². The van der Waals surface area contributed by atoms with Crippen LogP contribution in [-0.4, -0.2) is 69.0 Å². The Balaban J connectivity index is 1.35. The first-order valence-corrected chi connectivity index (χ1v) is 11.2. The molecule has 0 unspecified atom stereocenters. The summed E-state index contributed by atoms with van der Waals surface area (Å²) in [5.41, 5.74) is 2.84. The van der Waals surface area contributed by atoms with Gasteiger partial charge in [0, 0.05) is 47.3 Å². The first kappa shape index (κ1) is 17.6. The van der Waals surface area contributed by atoms with Crippen LogP contribution in [-0.2, 0) is 9.53 Å². The normalized spacial score (nSPS) is 21.7. The zero-order valence-corrected chi connectivity index (χ0v) is 18.5. The molecule has 1 aliphatic heterocycles. The highest BCUT2D eigenvalue weighted by Crippen LogP contribution is 2.38. The number of anilines is 3. The number of pyridine rings is 2. The number of aromatic nitrogens is 6. The maximum Gasteiger partial charge on any atom is 0.228 e. The highest BCUT2D eigenvalue weighted by molar-refractivity contribution is 6.01. The van der Waals surface area contributed by atoms with Crippen molar-refractivity contribution in [2.45, 2.75) is 13.3 Å². The Hall–Kier alpha value is -3.86. The maximum atomic E-state index is 12.6. The van der Waals surface area contributed by atoms with E-state index in [-0.39, 0.29) is 11.7 Å². The SMILES string of the molecule is [2H]C([2H])([2H])[C@@H]1C[C@@H]1C(=O)Nc1cc2c(-c3nc4ccc(N5CCOCC5)cn4n3)cnc(NC)c2nn1. The minimum atomic E-state index is -2.14. The van der Waals surface area contributed by atoms with Gasteiger partial charge in [0.05, 0.1) is 25.1 Å². The lowest BCUT2D eigenvalue weighted by molar-refractivity contribution is -0.117. The van der Waals surface area contributed by atoms with Crippen LogP contribution in [0.25, 0.3) is 27.9 Å². The van der Waals surface area contributed by atoms with E-state index in [0.29, 0.717) is 53.4 Å². The van der Waals surface area contributed by atoms with E-state index in [0.717, 1.165) is 18.8 Å². The molecule has 2 atom stereocenters. The Bertz CT molecular complexity index is 1500. The van der Waals surface area contributed by atoms with Crippen molar-refractivity contribution in [3.05, 3.63) is 30.6 Å². The van der Waals surface area contributed by atoms with E-state index in [9.17, 15) is 4.79 Å². The number of carbonyl (C=O) groups is 1. The minimum absolute atomic E-state index is 0.224. The van der Waals surface area contributed by atoms with Crippen molar-refractivity contribution < 1.29 is 13.6 Å². The molecule has 0 spiro atoms. The zero-order chi connectivity index (χ0) is 25.7.